The maximum Gasteiger partial charge on any atom is 0.412 e. The van der Waals surface area contributed by atoms with Gasteiger partial charge in [0.05, 0.1) is 13.0 Å². The van der Waals surface area contributed by atoms with Gasteiger partial charge in [0, 0.05) is 0 Å². The van der Waals surface area contributed by atoms with Crippen molar-refractivity contribution in [2.24, 2.45) is 0 Å². The van der Waals surface area contributed by atoms with E-state index < -0.39 is 53.7 Å². The fourth-order valence-electron chi connectivity index (χ4n) is 4.92. The van der Waals surface area contributed by atoms with Crippen LogP contribution in [0, 0.1) is 0 Å². The largest absolute Gasteiger partial charge is 0.464 e. The van der Waals surface area contributed by atoms with Crippen LogP contribution in [0.2, 0.25) is 0 Å². The zero-order chi connectivity index (χ0) is 30.3. The number of nitrogens with zero attached hydrogens (tertiary/aromatic N) is 1. The van der Waals surface area contributed by atoms with Gasteiger partial charge in [-0.25, -0.2) is 14.4 Å². The lowest BCUT2D eigenvalue weighted by atomic mass is 9.83. The third kappa shape index (κ3) is 6.62. The first-order valence-electron chi connectivity index (χ1n) is 13.8. The first-order valence-corrected chi connectivity index (χ1v) is 13.8. The molecular weight excluding hydrogens is 538 g/mol. The lowest BCUT2D eigenvalue weighted by Gasteiger charge is -2.49. The lowest BCUT2D eigenvalue weighted by Crippen LogP contribution is -2.68. The van der Waals surface area contributed by atoms with Crippen molar-refractivity contribution in [2.75, 3.05) is 6.61 Å². The average molecular weight is 574 g/mol. The molecule has 0 spiro atoms. The van der Waals surface area contributed by atoms with Gasteiger partial charge in [0.2, 0.25) is 0 Å². The number of carbonyl (C=O) groups excluding carboxylic acids is 4. The van der Waals surface area contributed by atoms with Crippen LogP contribution in [0.3, 0.4) is 0 Å². The number of esters is 3. The minimum absolute atomic E-state index is 0.118. The Kier molecular flexibility index (Phi) is 9.30. The Morgan fingerprint density at radius 3 is 1.93 bits per heavy atom. The number of hydrogen-bond acceptors (Lipinski definition) is 8. The summed E-state index contributed by atoms with van der Waals surface area (Å²) in [5.74, 6) is -3.13. The summed E-state index contributed by atoms with van der Waals surface area (Å²) in [6.07, 6.45) is -2.87. The molecule has 0 radical (unpaired) electrons. The molecule has 0 N–H and O–H groups in total. The number of morpholine rings is 1. The second-order valence-electron chi connectivity index (χ2n) is 10.8. The van der Waals surface area contributed by atoms with Crippen LogP contribution in [0.25, 0.3) is 0 Å². The molecule has 1 fully saturated rings. The summed E-state index contributed by atoms with van der Waals surface area (Å²) in [5, 5.41) is 0. The molecule has 3 aromatic carbocycles. The lowest BCUT2D eigenvalue weighted by molar-refractivity contribution is -0.202. The topological polar surface area (TPSA) is 108 Å². The van der Waals surface area contributed by atoms with E-state index in [1.165, 1.54) is 0 Å². The Morgan fingerprint density at radius 2 is 1.38 bits per heavy atom. The third-order valence-corrected chi connectivity index (χ3v) is 6.65. The fourth-order valence-corrected chi connectivity index (χ4v) is 4.92. The molecule has 220 valence electrons. The van der Waals surface area contributed by atoms with E-state index in [1.54, 1.807) is 107 Å². The van der Waals surface area contributed by atoms with Crippen molar-refractivity contribution in [3.8, 4) is 0 Å². The molecule has 42 heavy (non-hydrogen) atoms. The number of rotatable bonds is 8. The normalized spacial score (nSPS) is 20.3. The molecule has 3 aromatic rings. The molecule has 0 aliphatic carbocycles. The molecule has 3 atom stereocenters. The van der Waals surface area contributed by atoms with Gasteiger partial charge in [-0.05, 0) is 44.4 Å². The zero-order valence-electron chi connectivity index (χ0n) is 24.1. The van der Waals surface area contributed by atoms with Crippen molar-refractivity contribution < 1.29 is 38.1 Å². The molecule has 1 saturated heterocycles. The maximum absolute atomic E-state index is 14.2. The zero-order valence-corrected chi connectivity index (χ0v) is 24.1. The molecule has 9 nitrogen and oxygen atoms in total. The molecule has 0 saturated carbocycles. The number of hydrogen-bond donors (Lipinski definition) is 0. The van der Waals surface area contributed by atoms with Crippen LogP contribution in [-0.4, -0.2) is 46.6 Å². The highest BCUT2D eigenvalue weighted by molar-refractivity contribution is 6.10. The molecule has 1 heterocycles. The van der Waals surface area contributed by atoms with Crippen molar-refractivity contribution >= 4 is 24.0 Å². The monoisotopic (exact) mass is 573 g/mol. The first-order chi connectivity index (χ1) is 20.1. The Hall–Kier alpha value is -4.66. The number of cyclic esters (lactones) is 1. The second-order valence-corrected chi connectivity index (χ2v) is 10.8. The summed E-state index contributed by atoms with van der Waals surface area (Å²) < 4.78 is 22.6. The van der Waals surface area contributed by atoms with E-state index in [0.29, 0.717) is 16.7 Å². The van der Waals surface area contributed by atoms with Crippen molar-refractivity contribution in [1.82, 2.24) is 4.90 Å². The smallest absolute Gasteiger partial charge is 0.412 e. The van der Waals surface area contributed by atoms with Gasteiger partial charge in [-0.1, -0.05) is 91.0 Å². The van der Waals surface area contributed by atoms with Gasteiger partial charge in [0.15, 0.2) is 6.10 Å². The van der Waals surface area contributed by atoms with Crippen LogP contribution in [0.5, 0.6) is 0 Å². The SMILES string of the molecule is CCOC(=O)[C@]1(CC(=O)OC(C)(C)C)C(=O)O[C@@H](c2ccccc2)[C@@H](c2ccccc2)N1C(=O)OCc1ccccc1. The highest BCUT2D eigenvalue weighted by atomic mass is 16.6. The molecule has 9 heteroatoms. The van der Waals surface area contributed by atoms with Crippen LogP contribution in [-0.2, 0) is 39.9 Å². The van der Waals surface area contributed by atoms with Crippen LogP contribution in [0.4, 0.5) is 4.79 Å². The predicted molar refractivity (Wildman–Crippen MR) is 153 cm³/mol. The van der Waals surface area contributed by atoms with E-state index in [-0.39, 0.29) is 13.2 Å². The Labute approximate surface area is 245 Å². The first kappa shape index (κ1) is 30.3. The van der Waals surface area contributed by atoms with Gasteiger partial charge in [0.1, 0.15) is 18.2 Å². The van der Waals surface area contributed by atoms with Crippen molar-refractivity contribution in [2.45, 2.75) is 64.0 Å². The second kappa shape index (κ2) is 12.9. The maximum atomic E-state index is 14.2. The van der Waals surface area contributed by atoms with E-state index in [4.69, 9.17) is 18.9 Å². The highest BCUT2D eigenvalue weighted by Gasteiger charge is 2.65. The van der Waals surface area contributed by atoms with Gasteiger partial charge in [-0.3, -0.25) is 9.69 Å². The van der Waals surface area contributed by atoms with Gasteiger partial charge < -0.3 is 18.9 Å². The summed E-state index contributed by atoms with van der Waals surface area (Å²) in [6, 6.07) is 25.6. The quantitative estimate of drug-likeness (QED) is 0.192. The Bertz CT molecular complexity index is 1390. The van der Waals surface area contributed by atoms with Crippen molar-refractivity contribution in [1.29, 1.82) is 0 Å². The van der Waals surface area contributed by atoms with Crippen LogP contribution < -0.4 is 0 Å². The standard InChI is InChI=1S/C33H35NO8/c1-5-39-29(36)33(21-26(35)42-32(2,3)4)30(37)41-28(25-19-13-8-14-20-25)27(24-17-11-7-12-18-24)34(33)31(38)40-22-23-15-9-6-10-16-23/h6-20,27-28H,5,21-22H2,1-4H3/t27-,28+,33-/m1/s1. The summed E-state index contributed by atoms with van der Waals surface area (Å²) in [6.45, 7) is 6.27. The molecule has 1 aliphatic heterocycles. The van der Waals surface area contributed by atoms with Crippen molar-refractivity contribution in [3.05, 3.63) is 108 Å². The average Bonchev–Trinajstić information content (AvgIpc) is 2.97. The van der Waals surface area contributed by atoms with Gasteiger partial charge in [-0.2, -0.15) is 0 Å². The Balaban J connectivity index is 1.92. The van der Waals surface area contributed by atoms with E-state index in [0.717, 1.165) is 4.90 Å². The molecular formula is C33H35NO8. The summed E-state index contributed by atoms with van der Waals surface area (Å²) in [7, 11) is 0. The summed E-state index contributed by atoms with van der Waals surface area (Å²) in [5.41, 5.74) is -1.65. The van der Waals surface area contributed by atoms with E-state index in [1.807, 2.05) is 12.1 Å². The van der Waals surface area contributed by atoms with E-state index >= 15 is 0 Å². The fraction of sp³-hybridized carbons (Fsp3) is 0.333. The van der Waals surface area contributed by atoms with E-state index in [2.05, 4.69) is 0 Å². The van der Waals surface area contributed by atoms with E-state index in [9.17, 15) is 19.2 Å². The summed E-state index contributed by atoms with van der Waals surface area (Å²) in [4.78, 5) is 56.5. The van der Waals surface area contributed by atoms with Gasteiger partial charge in [0.25, 0.3) is 5.54 Å². The number of benzene rings is 3. The Morgan fingerprint density at radius 1 is 0.833 bits per heavy atom. The molecule has 4 rings (SSSR count). The number of carbonyl (C=O) groups is 4. The van der Waals surface area contributed by atoms with Gasteiger partial charge in [-0.15, -0.1) is 0 Å². The minimum Gasteiger partial charge on any atom is -0.464 e. The third-order valence-electron chi connectivity index (χ3n) is 6.65. The number of ether oxygens (including phenoxy) is 4. The molecule has 0 bridgehead atoms. The predicted octanol–water partition coefficient (Wildman–Crippen LogP) is 5.70. The van der Waals surface area contributed by atoms with Crippen LogP contribution in [0.1, 0.15) is 63.0 Å². The number of amides is 1. The summed E-state index contributed by atoms with van der Waals surface area (Å²) >= 11 is 0. The highest BCUT2D eigenvalue weighted by Crippen LogP contribution is 2.48. The minimum atomic E-state index is -2.53. The molecule has 0 unspecified atom stereocenters. The molecule has 0 aromatic heterocycles. The van der Waals surface area contributed by atoms with Gasteiger partial charge >= 0.3 is 24.0 Å². The van der Waals surface area contributed by atoms with Crippen molar-refractivity contribution in [3.63, 3.8) is 0 Å². The van der Waals surface area contributed by atoms with Crippen LogP contribution >= 0.6 is 0 Å². The molecule has 1 amide bonds. The molecule has 1 aliphatic rings. The van der Waals surface area contributed by atoms with Crippen LogP contribution in [0.15, 0.2) is 91.0 Å².